The number of amides is 1. The van der Waals surface area contributed by atoms with Crippen LogP contribution in [0.5, 0.6) is 11.5 Å². The minimum atomic E-state index is -2.71. The summed E-state index contributed by atoms with van der Waals surface area (Å²) >= 11 is 0. The van der Waals surface area contributed by atoms with Crippen molar-refractivity contribution in [2.45, 2.75) is 36.8 Å². The number of benzene rings is 2. The Morgan fingerprint density at radius 1 is 1.13 bits per heavy atom. The molecule has 1 amide bonds. The lowest BCUT2D eigenvalue weighted by Crippen LogP contribution is -2.64. The number of carbonyl (C=O) groups excluding carboxylic acids is 3. The Morgan fingerprint density at radius 2 is 1.81 bits per heavy atom. The van der Waals surface area contributed by atoms with Gasteiger partial charge in [0.2, 0.25) is 5.78 Å². The molecule has 0 aliphatic heterocycles. The van der Waals surface area contributed by atoms with Gasteiger partial charge in [-0.2, -0.15) is 0 Å². The van der Waals surface area contributed by atoms with Crippen molar-refractivity contribution in [2.24, 2.45) is 17.4 Å². The van der Waals surface area contributed by atoms with Crippen molar-refractivity contribution in [1.82, 2.24) is 0 Å². The second-order valence-corrected chi connectivity index (χ2v) is 8.51. The molecule has 2 aromatic rings. The van der Waals surface area contributed by atoms with Crippen molar-refractivity contribution in [3.63, 3.8) is 0 Å². The van der Waals surface area contributed by atoms with Gasteiger partial charge in [-0.15, -0.1) is 0 Å². The van der Waals surface area contributed by atoms with Crippen LogP contribution in [0.15, 0.2) is 29.5 Å². The standard InChI is InChI=1S/C22H20N2O7/c23-16-11-6-8-5-10-9(7-1-2-7)3-4-12(25)14(10)17(26)13(8)19(28)22(11,31)20(29)15(18(16)27)21(24)30/h3-5,7,11,16,25-26,29,31H,1-2,6,23H2,(H2,24,30)/t11-,16?,22-/m0/s1. The molecular formula is C22H20N2O7. The van der Waals surface area contributed by atoms with Crippen molar-refractivity contribution < 1.29 is 34.8 Å². The summed E-state index contributed by atoms with van der Waals surface area (Å²) in [4.78, 5) is 37.6. The fourth-order valence-electron chi connectivity index (χ4n) is 5.03. The van der Waals surface area contributed by atoms with E-state index in [4.69, 9.17) is 11.5 Å². The van der Waals surface area contributed by atoms with E-state index in [9.17, 15) is 34.8 Å². The highest BCUT2D eigenvalue weighted by molar-refractivity contribution is 6.24. The van der Waals surface area contributed by atoms with Gasteiger partial charge in [0.1, 0.15) is 22.8 Å². The maximum atomic E-state index is 13.4. The number of aliphatic hydroxyl groups is 2. The number of ketones is 2. The maximum Gasteiger partial charge on any atom is 0.255 e. The van der Waals surface area contributed by atoms with E-state index in [2.05, 4.69) is 0 Å². The molecule has 5 rings (SSSR count). The van der Waals surface area contributed by atoms with Crippen molar-refractivity contribution in [2.75, 3.05) is 0 Å². The maximum absolute atomic E-state index is 13.4. The molecule has 1 unspecified atom stereocenters. The van der Waals surface area contributed by atoms with E-state index in [1.165, 1.54) is 6.07 Å². The van der Waals surface area contributed by atoms with E-state index >= 15 is 0 Å². The van der Waals surface area contributed by atoms with Crippen molar-refractivity contribution in [3.8, 4) is 11.5 Å². The smallest absolute Gasteiger partial charge is 0.255 e. The molecule has 0 spiro atoms. The number of aromatic hydroxyl groups is 2. The number of Topliss-reactive ketones (excluding diaryl/α,β-unsaturated/α-hetero) is 2. The predicted octanol–water partition coefficient (Wildman–Crippen LogP) is 0.422. The predicted molar refractivity (Wildman–Crippen MR) is 108 cm³/mol. The Morgan fingerprint density at radius 3 is 2.42 bits per heavy atom. The molecule has 160 valence electrons. The number of nitrogens with two attached hydrogens (primary N) is 2. The fraction of sp³-hybridized carbons (Fsp3) is 0.318. The van der Waals surface area contributed by atoms with Crippen LogP contribution in [0, 0.1) is 5.92 Å². The van der Waals surface area contributed by atoms with Gasteiger partial charge in [0.05, 0.1) is 17.0 Å². The highest BCUT2D eigenvalue weighted by Crippen LogP contribution is 2.51. The van der Waals surface area contributed by atoms with Gasteiger partial charge in [0, 0.05) is 5.92 Å². The van der Waals surface area contributed by atoms with E-state index < -0.39 is 52.1 Å². The molecule has 0 bridgehead atoms. The summed E-state index contributed by atoms with van der Waals surface area (Å²) < 4.78 is 0. The summed E-state index contributed by atoms with van der Waals surface area (Å²) in [5.41, 5.74) is 8.45. The van der Waals surface area contributed by atoms with Gasteiger partial charge in [-0.25, -0.2) is 0 Å². The minimum absolute atomic E-state index is 0.0633. The molecule has 9 nitrogen and oxygen atoms in total. The van der Waals surface area contributed by atoms with E-state index in [-0.39, 0.29) is 29.0 Å². The SMILES string of the molecule is NC(=O)C1=C(O)[C@@]2(O)C(=O)c3c(cc4c(C5CC5)ccc(O)c4c3O)C[C@H]2C(N)C1=O. The number of primary amides is 1. The lowest BCUT2D eigenvalue weighted by Gasteiger charge is -2.44. The van der Waals surface area contributed by atoms with Gasteiger partial charge in [0.25, 0.3) is 5.91 Å². The zero-order chi connectivity index (χ0) is 22.4. The summed E-state index contributed by atoms with van der Waals surface area (Å²) in [6.45, 7) is 0. The van der Waals surface area contributed by atoms with E-state index in [0.717, 1.165) is 18.4 Å². The van der Waals surface area contributed by atoms with Gasteiger partial charge < -0.3 is 31.9 Å². The van der Waals surface area contributed by atoms with Crippen LogP contribution < -0.4 is 11.5 Å². The third-order valence-corrected chi connectivity index (χ3v) is 6.76. The molecule has 9 heteroatoms. The number of hydrogen-bond donors (Lipinski definition) is 6. The number of carbonyl (C=O) groups is 3. The Labute approximate surface area is 175 Å². The topological polar surface area (TPSA) is 184 Å². The number of phenols is 2. The first kappa shape index (κ1) is 19.5. The Hall–Kier alpha value is -3.43. The van der Waals surface area contributed by atoms with Gasteiger partial charge in [-0.1, -0.05) is 6.07 Å². The van der Waals surface area contributed by atoms with Gasteiger partial charge >= 0.3 is 0 Å². The largest absolute Gasteiger partial charge is 0.508 e. The molecule has 8 N–H and O–H groups in total. The Kier molecular flexibility index (Phi) is 3.81. The highest BCUT2D eigenvalue weighted by Gasteiger charge is 2.61. The van der Waals surface area contributed by atoms with Crippen molar-refractivity contribution >= 4 is 28.2 Å². The third kappa shape index (κ3) is 2.35. The van der Waals surface area contributed by atoms with Crippen LogP contribution in [-0.4, -0.2) is 49.5 Å². The fourth-order valence-corrected chi connectivity index (χ4v) is 5.03. The summed E-state index contributed by atoms with van der Waals surface area (Å²) in [6.07, 6.45) is 1.81. The van der Waals surface area contributed by atoms with Crippen LogP contribution in [0.1, 0.15) is 40.2 Å². The molecular weight excluding hydrogens is 404 g/mol. The summed E-state index contributed by atoms with van der Waals surface area (Å²) in [5, 5.41) is 43.8. The van der Waals surface area contributed by atoms with Crippen LogP contribution >= 0.6 is 0 Å². The van der Waals surface area contributed by atoms with Crippen LogP contribution in [0.2, 0.25) is 0 Å². The molecule has 3 aliphatic rings. The van der Waals surface area contributed by atoms with E-state index in [1.807, 2.05) is 0 Å². The van der Waals surface area contributed by atoms with Crippen LogP contribution in [-0.2, 0) is 16.0 Å². The first-order valence-electron chi connectivity index (χ1n) is 9.89. The molecule has 0 aromatic heterocycles. The molecule has 3 atom stereocenters. The lowest BCUT2D eigenvalue weighted by molar-refractivity contribution is -0.127. The second-order valence-electron chi connectivity index (χ2n) is 8.51. The summed E-state index contributed by atoms with van der Waals surface area (Å²) in [7, 11) is 0. The average Bonchev–Trinajstić information content (AvgIpc) is 3.54. The first-order valence-corrected chi connectivity index (χ1v) is 9.89. The molecule has 3 aliphatic carbocycles. The quantitative estimate of drug-likeness (QED) is 0.375. The zero-order valence-electron chi connectivity index (χ0n) is 16.3. The third-order valence-electron chi connectivity index (χ3n) is 6.76. The van der Waals surface area contributed by atoms with Gasteiger partial charge in [-0.3, -0.25) is 14.4 Å². The van der Waals surface area contributed by atoms with E-state index in [1.54, 1.807) is 12.1 Å². The average molecular weight is 424 g/mol. The molecule has 0 radical (unpaired) electrons. The summed E-state index contributed by atoms with van der Waals surface area (Å²) in [5.74, 6) is -6.33. The monoisotopic (exact) mass is 424 g/mol. The molecule has 1 saturated carbocycles. The molecule has 1 fully saturated rings. The molecule has 0 saturated heterocycles. The van der Waals surface area contributed by atoms with Crippen LogP contribution in [0.3, 0.4) is 0 Å². The van der Waals surface area contributed by atoms with Crippen molar-refractivity contribution in [3.05, 3.63) is 46.2 Å². The molecule has 0 heterocycles. The van der Waals surface area contributed by atoms with E-state index in [0.29, 0.717) is 10.9 Å². The molecule has 2 aromatic carbocycles. The van der Waals surface area contributed by atoms with Crippen molar-refractivity contribution in [1.29, 1.82) is 0 Å². The van der Waals surface area contributed by atoms with Gasteiger partial charge in [0.15, 0.2) is 11.4 Å². The van der Waals surface area contributed by atoms with Crippen LogP contribution in [0.4, 0.5) is 0 Å². The molecule has 31 heavy (non-hydrogen) atoms. The van der Waals surface area contributed by atoms with Crippen LogP contribution in [0.25, 0.3) is 10.8 Å². The summed E-state index contributed by atoms with van der Waals surface area (Å²) in [6, 6.07) is 3.39. The lowest BCUT2D eigenvalue weighted by atomic mass is 9.62. The highest BCUT2D eigenvalue weighted by atomic mass is 16.3. The number of fused-ring (bicyclic) bond motifs is 3. The Balaban J connectivity index is 1.81. The second kappa shape index (κ2) is 6.05. The van der Waals surface area contributed by atoms with Gasteiger partial charge in [-0.05, 0) is 53.8 Å². The zero-order valence-corrected chi connectivity index (χ0v) is 16.3. The Bertz CT molecular complexity index is 1260. The number of rotatable bonds is 2. The first-order chi connectivity index (χ1) is 14.6. The normalized spacial score (nSPS) is 27.9. The number of aliphatic hydroxyl groups excluding tert-OH is 1. The minimum Gasteiger partial charge on any atom is -0.508 e. The number of phenolic OH excluding ortho intramolecular Hbond substituents is 2. The number of hydrogen-bond acceptors (Lipinski definition) is 8.